The molecule has 1 saturated heterocycles. The number of rotatable bonds is 3. The van der Waals surface area contributed by atoms with E-state index >= 15 is 0 Å². The van der Waals surface area contributed by atoms with E-state index in [4.69, 9.17) is 10.7 Å². The zero-order valence-corrected chi connectivity index (χ0v) is 16.0. The van der Waals surface area contributed by atoms with Crippen LogP contribution in [0.3, 0.4) is 0 Å². The maximum absolute atomic E-state index is 12.8. The van der Waals surface area contributed by atoms with Gasteiger partial charge in [-0.15, -0.1) is 11.3 Å². The van der Waals surface area contributed by atoms with Crippen LogP contribution in [0.1, 0.15) is 50.0 Å². The number of fused-ring (bicyclic) bond motifs is 1. The molecule has 0 aliphatic carbocycles. The van der Waals surface area contributed by atoms with Crippen molar-refractivity contribution in [2.45, 2.75) is 25.7 Å². The number of carbonyl (C=O) groups excluding carboxylic acids is 2. The number of primary amides is 1. The fraction of sp³-hybridized carbons (Fsp3) is 0.286. The van der Waals surface area contributed by atoms with E-state index in [1.54, 1.807) is 11.3 Å². The number of nitrogens with zero attached hydrogens (tertiary/aromatic N) is 2. The van der Waals surface area contributed by atoms with Gasteiger partial charge in [-0.3, -0.25) is 14.6 Å². The third kappa shape index (κ3) is 3.45. The second kappa shape index (κ2) is 7.12. The number of nitrogens with two attached hydrogens (primary N) is 1. The van der Waals surface area contributed by atoms with Crippen molar-refractivity contribution in [2.24, 2.45) is 5.73 Å². The van der Waals surface area contributed by atoms with Crippen LogP contribution in [0.5, 0.6) is 0 Å². The summed E-state index contributed by atoms with van der Waals surface area (Å²) < 4.78 is 0. The standard InChI is InChI=1S/C21H21N3O2S/c1-13-9-16(12-27-13)21(26)24-8-4-6-15(11-24)19-17(20(22)25)10-14-5-2-3-7-18(14)23-19/h2-3,5,7,9-10,12,15H,4,6,8,11H2,1H3,(H2,22,25). The lowest BCUT2D eigenvalue weighted by Crippen LogP contribution is -2.39. The molecule has 1 aliphatic heterocycles. The molecule has 27 heavy (non-hydrogen) atoms. The van der Waals surface area contributed by atoms with Crippen molar-refractivity contribution in [1.29, 1.82) is 0 Å². The van der Waals surface area contributed by atoms with Crippen LogP contribution in [0.2, 0.25) is 0 Å². The van der Waals surface area contributed by atoms with Crippen LogP contribution in [0.15, 0.2) is 41.8 Å². The molecule has 0 saturated carbocycles. The SMILES string of the molecule is Cc1cc(C(=O)N2CCCC(c3nc4ccccc4cc3C(N)=O)C2)cs1. The molecule has 0 bridgehead atoms. The largest absolute Gasteiger partial charge is 0.366 e. The van der Waals surface area contributed by atoms with Gasteiger partial charge in [0, 0.05) is 34.7 Å². The molecule has 2 N–H and O–H groups in total. The summed E-state index contributed by atoms with van der Waals surface area (Å²) in [5.41, 5.74) is 8.39. The molecule has 3 aromatic rings. The molecule has 1 atom stereocenters. The number of pyridine rings is 1. The van der Waals surface area contributed by atoms with Gasteiger partial charge >= 0.3 is 0 Å². The summed E-state index contributed by atoms with van der Waals surface area (Å²) in [6.45, 7) is 3.28. The fourth-order valence-electron chi connectivity index (χ4n) is 3.76. The Morgan fingerprint density at radius 2 is 2.07 bits per heavy atom. The molecule has 1 fully saturated rings. The number of thiophene rings is 1. The first-order chi connectivity index (χ1) is 13.0. The summed E-state index contributed by atoms with van der Waals surface area (Å²) in [7, 11) is 0. The Hall–Kier alpha value is -2.73. The van der Waals surface area contributed by atoms with Gasteiger partial charge in [-0.2, -0.15) is 0 Å². The Bertz CT molecular complexity index is 1030. The van der Waals surface area contributed by atoms with Gasteiger partial charge in [0.2, 0.25) is 0 Å². The van der Waals surface area contributed by atoms with E-state index in [9.17, 15) is 9.59 Å². The second-order valence-corrected chi connectivity index (χ2v) is 8.13. The number of aromatic nitrogens is 1. The average Bonchev–Trinajstić information content (AvgIpc) is 3.12. The van der Waals surface area contributed by atoms with E-state index in [1.165, 1.54) is 0 Å². The molecule has 2 amide bonds. The van der Waals surface area contributed by atoms with E-state index in [-0.39, 0.29) is 11.8 Å². The number of benzene rings is 1. The molecule has 6 heteroatoms. The molecule has 2 aromatic heterocycles. The van der Waals surface area contributed by atoms with Gasteiger partial charge < -0.3 is 10.6 Å². The Morgan fingerprint density at radius 3 is 2.81 bits per heavy atom. The quantitative estimate of drug-likeness (QED) is 0.753. The highest BCUT2D eigenvalue weighted by molar-refractivity contribution is 7.10. The number of likely N-dealkylation sites (tertiary alicyclic amines) is 1. The second-order valence-electron chi connectivity index (χ2n) is 7.01. The van der Waals surface area contributed by atoms with Crippen molar-refractivity contribution in [3.8, 4) is 0 Å². The topological polar surface area (TPSA) is 76.3 Å². The van der Waals surface area contributed by atoms with Gasteiger partial charge in [-0.25, -0.2) is 0 Å². The smallest absolute Gasteiger partial charge is 0.254 e. The molecule has 5 nitrogen and oxygen atoms in total. The number of hydrogen-bond acceptors (Lipinski definition) is 4. The molecular formula is C21H21N3O2S. The van der Waals surface area contributed by atoms with Crippen molar-refractivity contribution in [3.63, 3.8) is 0 Å². The summed E-state index contributed by atoms with van der Waals surface area (Å²) in [4.78, 5) is 32.6. The highest BCUT2D eigenvalue weighted by Crippen LogP contribution is 2.31. The zero-order valence-electron chi connectivity index (χ0n) is 15.1. The summed E-state index contributed by atoms with van der Waals surface area (Å²) >= 11 is 1.58. The highest BCUT2D eigenvalue weighted by atomic mass is 32.1. The molecule has 1 aliphatic rings. The van der Waals surface area contributed by atoms with Gasteiger partial charge in [0.15, 0.2) is 0 Å². The lowest BCUT2D eigenvalue weighted by atomic mass is 9.90. The van der Waals surface area contributed by atoms with E-state index in [0.717, 1.165) is 40.7 Å². The number of hydrogen-bond donors (Lipinski definition) is 1. The molecule has 3 heterocycles. The summed E-state index contributed by atoms with van der Waals surface area (Å²) in [5.74, 6) is -0.417. The lowest BCUT2D eigenvalue weighted by Gasteiger charge is -2.33. The Kier molecular flexibility index (Phi) is 4.66. The van der Waals surface area contributed by atoms with Crippen molar-refractivity contribution in [2.75, 3.05) is 13.1 Å². The average molecular weight is 379 g/mol. The van der Waals surface area contributed by atoms with Crippen LogP contribution in [0.25, 0.3) is 10.9 Å². The van der Waals surface area contributed by atoms with Crippen LogP contribution in [0, 0.1) is 6.92 Å². The number of carbonyl (C=O) groups is 2. The number of aryl methyl sites for hydroxylation is 1. The van der Waals surface area contributed by atoms with Gasteiger partial charge in [-0.1, -0.05) is 18.2 Å². The maximum atomic E-state index is 12.8. The molecule has 0 spiro atoms. The minimum atomic E-state index is -0.472. The number of para-hydroxylation sites is 1. The first kappa shape index (κ1) is 17.7. The van der Waals surface area contributed by atoms with Crippen LogP contribution >= 0.6 is 11.3 Å². The van der Waals surface area contributed by atoms with E-state index in [1.807, 2.05) is 53.6 Å². The maximum Gasteiger partial charge on any atom is 0.254 e. The third-order valence-electron chi connectivity index (χ3n) is 5.09. The van der Waals surface area contributed by atoms with Crippen LogP contribution in [-0.2, 0) is 0 Å². The van der Waals surface area contributed by atoms with E-state index in [0.29, 0.717) is 17.8 Å². The minimum Gasteiger partial charge on any atom is -0.366 e. The first-order valence-corrected chi connectivity index (χ1v) is 9.95. The first-order valence-electron chi connectivity index (χ1n) is 9.07. The molecule has 138 valence electrons. The van der Waals surface area contributed by atoms with Crippen LogP contribution in [0.4, 0.5) is 0 Å². The van der Waals surface area contributed by atoms with Gasteiger partial charge in [-0.05, 0) is 38.0 Å². The predicted octanol–water partition coefficient (Wildman–Crippen LogP) is 3.72. The van der Waals surface area contributed by atoms with Crippen LogP contribution < -0.4 is 5.73 Å². The highest BCUT2D eigenvalue weighted by Gasteiger charge is 2.29. The van der Waals surface area contributed by atoms with Gasteiger partial charge in [0.25, 0.3) is 11.8 Å². The van der Waals surface area contributed by atoms with Gasteiger partial charge in [0.05, 0.1) is 22.3 Å². The summed E-state index contributed by atoms with van der Waals surface area (Å²) in [6.07, 6.45) is 1.77. The minimum absolute atomic E-state index is 0.00883. The molecular weight excluding hydrogens is 358 g/mol. The van der Waals surface area contributed by atoms with E-state index < -0.39 is 5.91 Å². The van der Waals surface area contributed by atoms with Crippen LogP contribution in [-0.4, -0.2) is 34.8 Å². The Balaban J connectivity index is 1.67. The van der Waals surface area contributed by atoms with Crippen molar-refractivity contribution in [1.82, 2.24) is 9.88 Å². The Labute approximate surface area is 161 Å². The Morgan fingerprint density at radius 1 is 1.26 bits per heavy atom. The summed E-state index contributed by atoms with van der Waals surface area (Å²) in [6, 6.07) is 11.5. The monoisotopic (exact) mass is 379 g/mol. The number of piperidine rings is 1. The lowest BCUT2D eigenvalue weighted by molar-refractivity contribution is 0.0706. The van der Waals surface area contributed by atoms with Crippen molar-refractivity contribution < 1.29 is 9.59 Å². The fourth-order valence-corrected chi connectivity index (χ4v) is 4.44. The summed E-state index contributed by atoms with van der Waals surface area (Å²) in [5, 5.41) is 2.80. The predicted molar refractivity (Wildman–Crippen MR) is 107 cm³/mol. The number of amides is 2. The van der Waals surface area contributed by atoms with Crippen molar-refractivity contribution in [3.05, 3.63) is 63.5 Å². The van der Waals surface area contributed by atoms with E-state index in [2.05, 4.69) is 0 Å². The normalized spacial score (nSPS) is 17.2. The van der Waals surface area contributed by atoms with Gasteiger partial charge in [0.1, 0.15) is 0 Å². The molecule has 1 unspecified atom stereocenters. The van der Waals surface area contributed by atoms with Crippen molar-refractivity contribution >= 4 is 34.1 Å². The third-order valence-corrected chi connectivity index (χ3v) is 5.95. The molecule has 0 radical (unpaired) electrons. The zero-order chi connectivity index (χ0) is 19.0. The molecule has 4 rings (SSSR count). The molecule has 1 aromatic carbocycles.